The van der Waals surface area contributed by atoms with Crippen molar-refractivity contribution in [1.82, 2.24) is 0 Å². The third-order valence-corrected chi connectivity index (χ3v) is 3.29. The third-order valence-electron chi connectivity index (χ3n) is 3.29. The zero-order valence-electron chi connectivity index (χ0n) is 13.5. The van der Waals surface area contributed by atoms with E-state index in [4.69, 9.17) is 4.74 Å². The predicted molar refractivity (Wildman–Crippen MR) is 82.5 cm³/mol. The highest BCUT2D eigenvalue weighted by Crippen LogP contribution is 2.22. The number of carbonyl (C=O) groups excluding carboxylic acids is 2. The average Bonchev–Trinajstić information content (AvgIpc) is 2.51. The Balaban J connectivity index is 2.81. The van der Waals surface area contributed by atoms with Crippen LogP contribution in [0, 0.1) is 11.8 Å². The molecule has 2 unspecified atom stereocenters. The minimum absolute atomic E-state index is 0.134. The number of hydrogen-bond acceptors (Lipinski definition) is 5. The molecule has 1 aromatic carbocycles. The Morgan fingerprint density at radius 2 is 1.74 bits per heavy atom. The molecule has 0 aliphatic rings. The first kappa shape index (κ1) is 18.7. The molecule has 0 aliphatic heterocycles. The summed E-state index contributed by atoms with van der Waals surface area (Å²) in [6.45, 7) is 3.75. The van der Waals surface area contributed by atoms with Gasteiger partial charge in [0.05, 0.1) is 19.4 Å². The van der Waals surface area contributed by atoms with Crippen molar-refractivity contribution in [2.24, 2.45) is 11.8 Å². The molecular weight excluding hydrogens is 300 g/mol. The molecule has 0 bridgehead atoms. The topological polar surface area (TPSA) is 89.9 Å². The molecular formula is C17H22O6. The summed E-state index contributed by atoms with van der Waals surface area (Å²) in [4.78, 5) is 35.1. The zero-order valence-corrected chi connectivity index (χ0v) is 13.5. The second kappa shape index (κ2) is 8.92. The number of benzene rings is 1. The largest absolute Gasteiger partial charge is 0.481 e. The number of rotatable bonds is 8. The van der Waals surface area contributed by atoms with Crippen molar-refractivity contribution in [3.63, 3.8) is 0 Å². The van der Waals surface area contributed by atoms with Crippen LogP contribution in [0.4, 0.5) is 0 Å². The minimum Gasteiger partial charge on any atom is -0.481 e. The molecule has 0 saturated carbocycles. The van der Waals surface area contributed by atoms with Crippen molar-refractivity contribution >= 4 is 17.9 Å². The van der Waals surface area contributed by atoms with Crippen molar-refractivity contribution in [2.45, 2.75) is 32.8 Å². The molecule has 6 nitrogen and oxygen atoms in total. The molecule has 23 heavy (non-hydrogen) atoms. The Bertz CT molecular complexity index is 537. The molecule has 0 heterocycles. The lowest BCUT2D eigenvalue weighted by Crippen LogP contribution is -2.25. The lowest BCUT2D eigenvalue weighted by molar-refractivity contribution is -0.168. The van der Waals surface area contributed by atoms with Gasteiger partial charge in [0.1, 0.15) is 0 Å². The first-order valence-corrected chi connectivity index (χ1v) is 7.40. The fourth-order valence-corrected chi connectivity index (χ4v) is 2.21. The molecule has 2 atom stereocenters. The quantitative estimate of drug-likeness (QED) is 0.740. The van der Waals surface area contributed by atoms with Crippen LogP contribution >= 0.6 is 0 Å². The van der Waals surface area contributed by atoms with E-state index >= 15 is 0 Å². The summed E-state index contributed by atoms with van der Waals surface area (Å²) in [5, 5.41) is 9.18. The molecule has 126 valence electrons. The van der Waals surface area contributed by atoms with Gasteiger partial charge in [-0.2, -0.15) is 0 Å². The van der Waals surface area contributed by atoms with E-state index in [1.165, 1.54) is 7.11 Å². The molecule has 6 heteroatoms. The molecule has 0 radical (unpaired) electrons. The number of methoxy groups -OCH3 is 1. The molecule has 1 rings (SSSR count). The van der Waals surface area contributed by atoms with Crippen molar-refractivity contribution in [1.29, 1.82) is 0 Å². The summed E-state index contributed by atoms with van der Waals surface area (Å²) in [6, 6.07) is 8.45. The highest BCUT2D eigenvalue weighted by molar-refractivity contribution is 5.83. The van der Waals surface area contributed by atoms with E-state index in [9.17, 15) is 19.5 Å². The molecule has 0 saturated heterocycles. The van der Waals surface area contributed by atoms with Gasteiger partial charge in [0.15, 0.2) is 0 Å². The molecule has 0 fully saturated rings. The van der Waals surface area contributed by atoms with Gasteiger partial charge in [-0.3, -0.25) is 9.59 Å². The maximum atomic E-state index is 12.1. The maximum Gasteiger partial charge on any atom is 0.351 e. The monoisotopic (exact) mass is 322 g/mol. The van der Waals surface area contributed by atoms with E-state index < -0.39 is 29.9 Å². The summed E-state index contributed by atoms with van der Waals surface area (Å²) in [5.74, 6) is -3.20. The van der Waals surface area contributed by atoms with Crippen molar-refractivity contribution in [3.05, 3.63) is 35.9 Å². The normalized spacial score (nSPS) is 13.2. The average molecular weight is 322 g/mol. The Hall–Kier alpha value is -2.37. The number of carboxylic acid groups (broad SMARTS) is 1. The summed E-state index contributed by atoms with van der Waals surface area (Å²) in [7, 11) is 1.20. The van der Waals surface area contributed by atoms with E-state index in [0.717, 1.165) is 0 Å². The standard InChI is InChI=1S/C17H22O6/c1-11(2)9-13(16(19)20)10-14(18)23-15(17(21)22-3)12-7-5-4-6-8-12/h4-8,11,13,15H,9-10H2,1-3H3,(H,19,20). The van der Waals surface area contributed by atoms with Gasteiger partial charge < -0.3 is 14.6 Å². The second-order valence-electron chi connectivity index (χ2n) is 5.67. The van der Waals surface area contributed by atoms with Crippen LogP contribution in [-0.4, -0.2) is 30.1 Å². The van der Waals surface area contributed by atoms with Crippen LogP contribution in [-0.2, 0) is 23.9 Å². The van der Waals surface area contributed by atoms with Gasteiger partial charge in [0, 0.05) is 5.56 Å². The highest BCUT2D eigenvalue weighted by Gasteiger charge is 2.29. The van der Waals surface area contributed by atoms with Crippen LogP contribution in [0.25, 0.3) is 0 Å². The van der Waals surface area contributed by atoms with Gasteiger partial charge in [0.25, 0.3) is 0 Å². The SMILES string of the molecule is COC(=O)C(OC(=O)CC(CC(C)C)C(=O)O)c1ccccc1. The Morgan fingerprint density at radius 3 is 2.22 bits per heavy atom. The van der Waals surface area contributed by atoms with E-state index in [1.807, 2.05) is 13.8 Å². The van der Waals surface area contributed by atoms with Crippen LogP contribution in [0.1, 0.15) is 38.4 Å². The van der Waals surface area contributed by atoms with Gasteiger partial charge in [-0.25, -0.2) is 4.79 Å². The smallest absolute Gasteiger partial charge is 0.351 e. The molecule has 0 spiro atoms. The lowest BCUT2D eigenvalue weighted by Gasteiger charge is -2.18. The third kappa shape index (κ3) is 6.10. The number of esters is 2. The number of aliphatic carboxylic acids is 1. The van der Waals surface area contributed by atoms with Gasteiger partial charge in [-0.1, -0.05) is 44.2 Å². The number of hydrogen-bond donors (Lipinski definition) is 1. The van der Waals surface area contributed by atoms with Gasteiger partial charge in [-0.05, 0) is 12.3 Å². The van der Waals surface area contributed by atoms with Crippen LogP contribution in [0.5, 0.6) is 0 Å². The van der Waals surface area contributed by atoms with Crippen LogP contribution in [0.15, 0.2) is 30.3 Å². The summed E-state index contributed by atoms with van der Waals surface area (Å²) in [6.07, 6.45) is -1.12. The molecule has 1 N–H and O–H groups in total. The highest BCUT2D eigenvalue weighted by atomic mass is 16.6. The maximum absolute atomic E-state index is 12.1. The Morgan fingerprint density at radius 1 is 1.13 bits per heavy atom. The van der Waals surface area contributed by atoms with Gasteiger partial charge in [0.2, 0.25) is 6.10 Å². The zero-order chi connectivity index (χ0) is 17.4. The Labute approximate surface area is 135 Å². The first-order valence-electron chi connectivity index (χ1n) is 7.40. The van der Waals surface area contributed by atoms with Crippen LogP contribution in [0.2, 0.25) is 0 Å². The van der Waals surface area contributed by atoms with E-state index in [2.05, 4.69) is 4.74 Å². The second-order valence-corrected chi connectivity index (χ2v) is 5.67. The molecule has 0 aromatic heterocycles. The fraction of sp³-hybridized carbons (Fsp3) is 0.471. The van der Waals surface area contributed by atoms with Crippen LogP contribution in [0.3, 0.4) is 0 Å². The first-order chi connectivity index (χ1) is 10.8. The number of carbonyl (C=O) groups is 3. The van der Waals surface area contributed by atoms with E-state index in [1.54, 1.807) is 30.3 Å². The van der Waals surface area contributed by atoms with E-state index in [-0.39, 0.29) is 12.3 Å². The van der Waals surface area contributed by atoms with Gasteiger partial charge in [-0.15, -0.1) is 0 Å². The number of carboxylic acids is 1. The molecule has 0 amide bonds. The number of ether oxygens (including phenoxy) is 2. The Kier molecular flexibility index (Phi) is 7.25. The molecule has 0 aliphatic carbocycles. The van der Waals surface area contributed by atoms with Crippen molar-refractivity contribution in [2.75, 3.05) is 7.11 Å². The van der Waals surface area contributed by atoms with Crippen molar-refractivity contribution in [3.8, 4) is 0 Å². The lowest BCUT2D eigenvalue weighted by atomic mass is 9.94. The summed E-state index contributed by atoms with van der Waals surface area (Å²) >= 11 is 0. The minimum atomic E-state index is -1.19. The van der Waals surface area contributed by atoms with Crippen molar-refractivity contribution < 1.29 is 29.0 Å². The van der Waals surface area contributed by atoms with E-state index in [0.29, 0.717) is 12.0 Å². The summed E-state index contributed by atoms with van der Waals surface area (Å²) < 4.78 is 9.83. The van der Waals surface area contributed by atoms with Crippen LogP contribution < -0.4 is 0 Å². The molecule has 1 aromatic rings. The van der Waals surface area contributed by atoms with Gasteiger partial charge >= 0.3 is 17.9 Å². The fourth-order valence-electron chi connectivity index (χ4n) is 2.21. The predicted octanol–water partition coefficient (Wildman–Crippen LogP) is 2.58. The summed E-state index contributed by atoms with van der Waals surface area (Å²) in [5.41, 5.74) is 0.475.